The van der Waals surface area contributed by atoms with Crippen LogP contribution in [0.15, 0.2) is 59.1 Å². The lowest BCUT2D eigenvalue weighted by molar-refractivity contribution is -0.141. The molecule has 0 saturated heterocycles. The lowest BCUT2D eigenvalue weighted by atomic mass is 10.0. The smallest absolute Gasteiger partial charge is 0.307 e. The molecule has 1 heterocycles. The molecule has 2 aromatic carbocycles. The number of hydrogen-bond donors (Lipinski definition) is 1. The van der Waals surface area contributed by atoms with Gasteiger partial charge in [-0.15, -0.1) is 0 Å². The van der Waals surface area contributed by atoms with Crippen LogP contribution in [0, 0.1) is 5.82 Å². The Morgan fingerprint density at radius 1 is 1.20 bits per heavy atom. The molecule has 1 N–H and O–H groups in total. The van der Waals surface area contributed by atoms with E-state index in [4.69, 9.17) is 20.8 Å². The summed E-state index contributed by atoms with van der Waals surface area (Å²) in [5.41, 5.74) is 1.32. The number of methoxy groups -OCH3 is 1. The monoisotopic (exact) mass is 430 g/mol. The third-order valence-electron chi connectivity index (χ3n) is 4.46. The van der Waals surface area contributed by atoms with Crippen molar-refractivity contribution in [3.05, 3.63) is 77.0 Å². The fraction of sp³-hybridized carbons (Fsp3) is 0.227. The minimum Gasteiger partial charge on any atom is -0.469 e. The van der Waals surface area contributed by atoms with Gasteiger partial charge in [0.25, 0.3) is 0 Å². The SMILES string of the molecule is COC(=O)CC(NC(=O)CCc1ncc(-c2ccccc2Cl)o1)c1ccc(F)cc1. The average Bonchev–Trinajstić information content (AvgIpc) is 3.21. The molecule has 8 heteroatoms. The zero-order chi connectivity index (χ0) is 21.5. The number of aryl methyl sites for hydroxylation is 1. The Bertz CT molecular complexity index is 1020. The third-order valence-corrected chi connectivity index (χ3v) is 4.79. The van der Waals surface area contributed by atoms with E-state index >= 15 is 0 Å². The van der Waals surface area contributed by atoms with E-state index in [0.717, 1.165) is 5.56 Å². The van der Waals surface area contributed by atoms with Crippen molar-refractivity contribution in [3.8, 4) is 11.3 Å². The van der Waals surface area contributed by atoms with Crippen molar-refractivity contribution in [2.24, 2.45) is 0 Å². The standard InChI is InChI=1S/C22H20ClFN2O4/c1-29-22(28)12-18(14-6-8-15(24)9-7-14)26-20(27)10-11-21-25-13-19(30-21)16-4-2-3-5-17(16)23/h2-9,13,18H,10-12H2,1H3,(H,26,27). The van der Waals surface area contributed by atoms with E-state index < -0.39 is 17.8 Å². The Labute approximate surface area is 178 Å². The van der Waals surface area contributed by atoms with E-state index in [0.29, 0.717) is 22.2 Å². The van der Waals surface area contributed by atoms with Gasteiger partial charge in [0, 0.05) is 18.4 Å². The number of esters is 1. The van der Waals surface area contributed by atoms with Gasteiger partial charge in [-0.2, -0.15) is 0 Å². The van der Waals surface area contributed by atoms with Crippen LogP contribution in [0.4, 0.5) is 4.39 Å². The topological polar surface area (TPSA) is 81.4 Å². The minimum atomic E-state index is -0.631. The molecule has 0 saturated carbocycles. The summed E-state index contributed by atoms with van der Waals surface area (Å²) in [6.07, 6.45) is 1.86. The molecule has 0 radical (unpaired) electrons. The van der Waals surface area contributed by atoms with Gasteiger partial charge in [0.15, 0.2) is 11.7 Å². The second kappa shape index (κ2) is 10.0. The molecule has 30 heavy (non-hydrogen) atoms. The number of rotatable bonds is 8. The number of nitrogens with zero attached hydrogens (tertiary/aromatic N) is 1. The van der Waals surface area contributed by atoms with Gasteiger partial charge in [0.05, 0.1) is 30.8 Å². The summed E-state index contributed by atoms with van der Waals surface area (Å²) in [6.45, 7) is 0. The Hall–Kier alpha value is -3.19. The van der Waals surface area contributed by atoms with E-state index in [1.54, 1.807) is 12.3 Å². The van der Waals surface area contributed by atoms with Gasteiger partial charge in [-0.25, -0.2) is 9.37 Å². The first-order chi connectivity index (χ1) is 14.5. The molecular formula is C22H20ClFN2O4. The number of hydrogen-bond acceptors (Lipinski definition) is 5. The maximum atomic E-state index is 13.2. The first-order valence-corrected chi connectivity index (χ1v) is 9.65. The lowest BCUT2D eigenvalue weighted by Crippen LogP contribution is -2.30. The molecule has 0 bridgehead atoms. The number of aromatic nitrogens is 1. The van der Waals surface area contributed by atoms with Crippen LogP contribution in [-0.2, 0) is 20.7 Å². The van der Waals surface area contributed by atoms with Gasteiger partial charge in [-0.05, 0) is 29.8 Å². The van der Waals surface area contributed by atoms with E-state index in [1.165, 1.54) is 31.4 Å². The van der Waals surface area contributed by atoms with Gasteiger partial charge in [-0.1, -0.05) is 35.9 Å². The van der Waals surface area contributed by atoms with Crippen LogP contribution < -0.4 is 5.32 Å². The molecule has 6 nitrogen and oxygen atoms in total. The summed E-state index contributed by atoms with van der Waals surface area (Å²) in [6, 6.07) is 12.2. The van der Waals surface area contributed by atoms with E-state index in [-0.39, 0.29) is 25.2 Å². The maximum Gasteiger partial charge on any atom is 0.307 e. The highest BCUT2D eigenvalue weighted by molar-refractivity contribution is 6.33. The molecular weight excluding hydrogens is 411 g/mol. The largest absolute Gasteiger partial charge is 0.469 e. The van der Waals surface area contributed by atoms with Crippen LogP contribution >= 0.6 is 11.6 Å². The number of oxazole rings is 1. The number of carbonyl (C=O) groups is 2. The Balaban J connectivity index is 1.62. The zero-order valence-corrected chi connectivity index (χ0v) is 17.0. The van der Waals surface area contributed by atoms with Gasteiger partial charge in [-0.3, -0.25) is 9.59 Å². The van der Waals surface area contributed by atoms with Crippen molar-refractivity contribution in [2.75, 3.05) is 7.11 Å². The number of ether oxygens (including phenoxy) is 1. The van der Waals surface area contributed by atoms with Crippen molar-refractivity contribution in [2.45, 2.75) is 25.3 Å². The Morgan fingerprint density at radius 2 is 1.93 bits per heavy atom. The quantitative estimate of drug-likeness (QED) is 0.532. The lowest BCUT2D eigenvalue weighted by Gasteiger charge is -2.18. The van der Waals surface area contributed by atoms with Crippen molar-refractivity contribution in [1.82, 2.24) is 10.3 Å². The number of benzene rings is 2. The molecule has 3 aromatic rings. The second-order valence-corrected chi connectivity index (χ2v) is 6.96. The number of amides is 1. The molecule has 156 valence electrons. The first-order valence-electron chi connectivity index (χ1n) is 9.27. The highest BCUT2D eigenvalue weighted by Gasteiger charge is 2.19. The van der Waals surface area contributed by atoms with Crippen LogP contribution in [-0.4, -0.2) is 24.0 Å². The van der Waals surface area contributed by atoms with E-state index in [2.05, 4.69) is 10.3 Å². The summed E-state index contributed by atoms with van der Waals surface area (Å²) in [5, 5.41) is 3.33. The Morgan fingerprint density at radius 3 is 2.63 bits per heavy atom. The molecule has 1 aromatic heterocycles. The summed E-state index contributed by atoms with van der Waals surface area (Å²) < 4.78 is 23.6. The Kier molecular flexibility index (Phi) is 7.19. The molecule has 3 rings (SSSR count). The summed E-state index contributed by atoms with van der Waals surface area (Å²) in [7, 11) is 1.27. The van der Waals surface area contributed by atoms with Gasteiger partial charge in [0.1, 0.15) is 5.82 Å². The first kappa shape index (κ1) is 21.5. The minimum absolute atomic E-state index is 0.0659. The average molecular weight is 431 g/mol. The van der Waals surface area contributed by atoms with Crippen LogP contribution in [0.5, 0.6) is 0 Å². The van der Waals surface area contributed by atoms with Gasteiger partial charge in [0.2, 0.25) is 5.91 Å². The molecule has 0 spiro atoms. The van der Waals surface area contributed by atoms with Crippen molar-refractivity contribution in [1.29, 1.82) is 0 Å². The molecule has 0 aliphatic rings. The maximum absolute atomic E-state index is 13.2. The normalized spacial score (nSPS) is 11.7. The second-order valence-electron chi connectivity index (χ2n) is 6.55. The third kappa shape index (κ3) is 5.67. The van der Waals surface area contributed by atoms with Crippen LogP contribution in [0.2, 0.25) is 5.02 Å². The van der Waals surface area contributed by atoms with Crippen molar-refractivity contribution < 1.29 is 23.1 Å². The number of nitrogens with one attached hydrogen (secondary N) is 1. The van der Waals surface area contributed by atoms with E-state index in [9.17, 15) is 14.0 Å². The van der Waals surface area contributed by atoms with Crippen molar-refractivity contribution >= 4 is 23.5 Å². The predicted molar refractivity (Wildman–Crippen MR) is 109 cm³/mol. The van der Waals surface area contributed by atoms with Crippen LogP contribution in [0.3, 0.4) is 0 Å². The number of halogens is 2. The summed E-state index contributed by atoms with van der Waals surface area (Å²) in [4.78, 5) is 28.3. The molecule has 1 amide bonds. The van der Waals surface area contributed by atoms with Crippen LogP contribution in [0.25, 0.3) is 11.3 Å². The molecule has 0 fully saturated rings. The highest BCUT2D eigenvalue weighted by Crippen LogP contribution is 2.28. The fourth-order valence-corrected chi connectivity index (χ4v) is 3.12. The van der Waals surface area contributed by atoms with Gasteiger partial charge >= 0.3 is 5.97 Å². The molecule has 0 aliphatic carbocycles. The molecule has 1 unspecified atom stereocenters. The number of carbonyl (C=O) groups excluding carboxylic acids is 2. The predicted octanol–water partition coefficient (Wildman–Crippen LogP) is 4.49. The van der Waals surface area contributed by atoms with E-state index in [1.807, 2.05) is 18.2 Å². The van der Waals surface area contributed by atoms with Crippen LogP contribution in [0.1, 0.15) is 30.3 Å². The van der Waals surface area contributed by atoms with Gasteiger partial charge < -0.3 is 14.5 Å². The highest BCUT2D eigenvalue weighted by atomic mass is 35.5. The molecule has 1 atom stereocenters. The summed E-state index contributed by atoms with van der Waals surface area (Å²) in [5.74, 6) is -0.273. The van der Waals surface area contributed by atoms with Crippen molar-refractivity contribution in [3.63, 3.8) is 0 Å². The zero-order valence-electron chi connectivity index (χ0n) is 16.2. The summed E-state index contributed by atoms with van der Waals surface area (Å²) >= 11 is 6.16. The molecule has 0 aliphatic heterocycles. The fourth-order valence-electron chi connectivity index (χ4n) is 2.90.